The number of aliphatic imine (C=N–C) groups is 1. The summed E-state index contributed by atoms with van der Waals surface area (Å²) in [5.74, 6) is -2.86. The van der Waals surface area contributed by atoms with Gasteiger partial charge >= 0.3 is 0 Å². The Balaban J connectivity index is 1.72. The van der Waals surface area contributed by atoms with E-state index in [2.05, 4.69) is 10.3 Å². The highest BCUT2D eigenvalue weighted by atomic mass is 19.3. The van der Waals surface area contributed by atoms with Crippen molar-refractivity contribution < 1.29 is 13.5 Å². The molecule has 0 bridgehead atoms. The number of ether oxygens (including phenoxy) is 1. The number of hydrogen-bond donors (Lipinski definition) is 1. The first-order chi connectivity index (χ1) is 8.96. The average molecular weight is 273 g/mol. The van der Waals surface area contributed by atoms with Gasteiger partial charge in [0.25, 0.3) is 11.9 Å². The highest BCUT2D eigenvalue weighted by Crippen LogP contribution is 2.58. The number of amidine groups is 1. The Morgan fingerprint density at radius 1 is 1.42 bits per heavy atom. The number of fused-ring (bicyclic) bond motifs is 1. The Labute approximate surface area is 112 Å². The summed E-state index contributed by atoms with van der Waals surface area (Å²) in [5.41, 5.74) is -1.18. The molecule has 6 heteroatoms. The molecule has 0 aromatic rings. The fourth-order valence-corrected chi connectivity index (χ4v) is 3.19. The SMILES string of the molecule is CNC1CCN(C2=NC3(C(C)(F)F)CC3CO2)CC1. The van der Waals surface area contributed by atoms with Gasteiger partial charge in [0.1, 0.15) is 5.54 Å². The summed E-state index contributed by atoms with van der Waals surface area (Å²) in [6.07, 6.45) is 2.45. The summed E-state index contributed by atoms with van der Waals surface area (Å²) in [7, 11) is 1.95. The Hall–Kier alpha value is -0.910. The standard InChI is InChI=1S/C13H21F2N3O/c1-12(14,15)13-7-9(13)8-19-11(17-13)18-5-3-10(16-2)4-6-18/h9-10,16H,3-8H2,1-2H3. The molecule has 0 aromatic carbocycles. The van der Waals surface area contributed by atoms with Gasteiger partial charge < -0.3 is 15.0 Å². The second kappa shape index (κ2) is 4.30. The van der Waals surface area contributed by atoms with E-state index in [0.29, 0.717) is 25.1 Å². The summed E-state index contributed by atoms with van der Waals surface area (Å²) in [6, 6.07) is 0.945. The molecule has 3 rings (SSSR count). The maximum Gasteiger partial charge on any atom is 0.288 e. The van der Waals surface area contributed by atoms with E-state index < -0.39 is 11.5 Å². The smallest absolute Gasteiger partial charge is 0.288 e. The predicted molar refractivity (Wildman–Crippen MR) is 68.5 cm³/mol. The molecule has 0 radical (unpaired) electrons. The van der Waals surface area contributed by atoms with Crippen LogP contribution in [0, 0.1) is 5.92 Å². The van der Waals surface area contributed by atoms with Crippen LogP contribution in [-0.4, -0.2) is 55.2 Å². The van der Waals surface area contributed by atoms with E-state index in [0.717, 1.165) is 32.9 Å². The van der Waals surface area contributed by atoms with Crippen molar-refractivity contribution in [2.24, 2.45) is 10.9 Å². The third kappa shape index (κ3) is 2.10. The van der Waals surface area contributed by atoms with Crippen molar-refractivity contribution in [3.8, 4) is 0 Å². The quantitative estimate of drug-likeness (QED) is 0.828. The fourth-order valence-electron chi connectivity index (χ4n) is 3.19. The highest BCUT2D eigenvalue weighted by Gasteiger charge is 2.69. The minimum Gasteiger partial charge on any atom is -0.465 e. The van der Waals surface area contributed by atoms with Gasteiger partial charge in [-0.15, -0.1) is 0 Å². The van der Waals surface area contributed by atoms with E-state index in [9.17, 15) is 8.78 Å². The molecule has 2 heterocycles. The maximum atomic E-state index is 13.7. The number of halogens is 2. The normalized spacial score (nSPS) is 35.5. The van der Waals surface area contributed by atoms with Gasteiger partial charge in [0.2, 0.25) is 0 Å². The monoisotopic (exact) mass is 273 g/mol. The van der Waals surface area contributed by atoms with E-state index in [-0.39, 0.29) is 5.92 Å². The minimum absolute atomic E-state index is 0.105. The summed E-state index contributed by atoms with van der Waals surface area (Å²) < 4.78 is 33.0. The molecule has 0 aromatic heterocycles. The molecule has 2 unspecified atom stereocenters. The van der Waals surface area contributed by atoms with Crippen LogP contribution in [0.3, 0.4) is 0 Å². The summed E-state index contributed by atoms with van der Waals surface area (Å²) >= 11 is 0. The van der Waals surface area contributed by atoms with Crippen LogP contribution in [0.4, 0.5) is 8.78 Å². The molecule has 1 saturated carbocycles. The molecule has 2 atom stereocenters. The molecular weight excluding hydrogens is 252 g/mol. The Kier molecular flexibility index (Phi) is 2.96. The maximum absolute atomic E-state index is 13.7. The molecule has 1 N–H and O–H groups in total. The average Bonchev–Trinajstić information content (AvgIpc) is 3.13. The van der Waals surface area contributed by atoms with Gasteiger partial charge in [0.15, 0.2) is 0 Å². The molecule has 2 aliphatic heterocycles. The zero-order chi connectivity index (χ0) is 13.7. The second-order valence-corrected chi connectivity index (χ2v) is 5.97. The van der Waals surface area contributed by atoms with Gasteiger partial charge in [-0.3, -0.25) is 0 Å². The Bertz CT molecular complexity index is 388. The molecule has 1 saturated heterocycles. The van der Waals surface area contributed by atoms with Gasteiger partial charge in [-0.25, -0.2) is 13.8 Å². The van der Waals surface area contributed by atoms with Crippen LogP contribution in [-0.2, 0) is 4.74 Å². The van der Waals surface area contributed by atoms with Crippen LogP contribution >= 0.6 is 0 Å². The molecule has 0 spiro atoms. The minimum atomic E-state index is -2.75. The Morgan fingerprint density at radius 2 is 2.11 bits per heavy atom. The lowest BCUT2D eigenvalue weighted by Crippen LogP contribution is -2.48. The summed E-state index contributed by atoms with van der Waals surface area (Å²) in [4.78, 5) is 6.29. The number of likely N-dealkylation sites (tertiary alicyclic amines) is 1. The third-order valence-corrected chi connectivity index (χ3v) is 4.72. The lowest BCUT2D eigenvalue weighted by atomic mass is 10.1. The van der Waals surface area contributed by atoms with Gasteiger partial charge in [-0.2, -0.15) is 0 Å². The number of nitrogens with zero attached hydrogens (tertiary/aromatic N) is 2. The first-order valence-electron chi connectivity index (χ1n) is 6.99. The van der Waals surface area contributed by atoms with Gasteiger partial charge in [0, 0.05) is 32.0 Å². The number of alkyl halides is 2. The van der Waals surface area contributed by atoms with Crippen LogP contribution in [0.5, 0.6) is 0 Å². The van der Waals surface area contributed by atoms with Gasteiger partial charge in [-0.1, -0.05) is 0 Å². The van der Waals surface area contributed by atoms with E-state index in [1.807, 2.05) is 11.9 Å². The zero-order valence-electron chi connectivity index (χ0n) is 11.5. The predicted octanol–water partition coefficient (Wildman–Crippen LogP) is 1.47. The highest BCUT2D eigenvalue weighted by molar-refractivity contribution is 5.76. The van der Waals surface area contributed by atoms with Crippen molar-refractivity contribution in [2.75, 3.05) is 26.7 Å². The molecule has 1 aliphatic carbocycles. The Morgan fingerprint density at radius 3 is 2.68 bits per heavy atom. The fraction of sp³-hybridized carbons (Fsp3) is 0.923. The molecule has 3 aliphatic rings. The molecule has 0 amide bonds. The summed E-state index contributed by atoms with van der Waals surface area (Å²) in [6.45, 7) is 3.00. The lowest BCUT2D eigenvalue weighted by molar-refractivity contribution is -0.0308. The van der Waals surface area contributed by atoms with Gasteiger partial charge in [-0.05, 0) is 26.3 Å². The van der Waals surface area contributed by atoms with Crippen molar-refractivity contribution in [3.05, 3.63) is 0 Å². The number of nitrogens with one attached hydrogen (secondary N) is 1. The van der Waals surface area contributed by atoms with E-state index in [1.165, 1.54) is 0 Å². The molecule has 19 heavy (non-hydrogen) atoms. The molecular formula is C13H21F2N3O. The van der Waals surface area contributed by atoms with Crippen LogP contribution in [0.1, 0.15) is 26.2 Å². The van der Waals surface area contributed by atoms with Crippen molar-refractivity contribution in [3.63, 3.8) is 0 Å². The first-order valence-corrected chi connectivity index (χ1v) is 6.99. The van der Waals surface area contributed by atoms with Crippen LogP contribution in [0.15, 0.2) is 4.99 Å². The van der Waals surface area contributed by atoms with Crippen LogP contribution < -0.4 is 5.32 Å². The van der Waals surface area contributed by atoms with E-state index in [1.54, 1.807) is 0 Å². The molecule has 4 nitrogen and oxygen atoms in total. The van der Waals surface area contributed by atoms with Crippen molar-refractivity contribution in [1.82, 2.24) is 10.2 Å². The van der Waals surface area contributed by atoms with Gasteiger partial charge in [0.05, 0.1) is 6.61 Å². The summed E-state index contributed by atoms with van der Waals surface area (Å²) in [5, 5.41) is 3.25. The van der Waals surface area contributed by atoms with E-state index in [4.69, 9.17) is 4.74 Å². The first kappa shape index (κ1) is 13.1. The molecule has 108 valence electrons. The number of hydrogen-bond acceptors (Lipinski definition) is 4. The second-order valence-electron chi connectivity index (χ2n) is 5.97. The number of piperidine rings is 1. The van der Waals surface area contributed by atoms with E-state index >= 15 is 0 Å². The number of rotatable bonds is 2. The van der Waals surface area contributed by atoms with Crippen LogP contribution in [0.25, 0.3) is 0 Å². The van der Waals surface area contributed by atoms with Crippen molar-refractivity contribution in [1.29, 1.82) is 0 Å². The topological polar surface area (TPSA) is 36.9 Å². The van der Waals surface area contributed by atoms with Crippen LogP contribution in [0.2, 0.25) is 0 Å². The van der Waals surface area contributed by atoms with Crippen molar-refractivity contribution in [2.45, 2.75) is 43.7 Å². The molecule has 2 fully saturated rings. The third-order valence-electron chi connectivity index (χ3n) is 4.72. The van der Waals surface area contributed by atoms with Crippen molar-refractivity contribution >= 4 is 6.02 Å². The zero-order valence-corrected chi connectivity index (χ0v) is 11.5. The lowest BCUT2D eigenvalue weighted by Gasteiger charge is -2.36. The largest absolute Gasteiger partial charge is 0.465 e.